The first kappa shape index (κ1) is 16.2. The highest BCUT2D eigenvalue weighted by Gasteiger charge is 2.13. The number of hydrogen-bond donors (Lipinski definition) is 2. The Morgan fingerprint density at radius 3 is 2.77 bits per heavy atom. The number of carbonyl (C=O) groups excluding carboxylic acids is 1. The van der Waals surface area contributed by atoms with E-state index in [0.717, 1.165) is 16.3 Å². The van der Waals surface area contributed by atoms with Gasteiger partial charge in [-0.3, -0.25) is 9.20 Å². The van der Waals surface area contributed by atoms with E-state index in [1.54, 1.807) is 22.7 Å². The second-order valence-corrected chi connectivity index (χ2v) is 6.23. The predicted molar refractivity (Wildman–Crippen MR) is 99.0 cm³/mol. The molecule has 4 rings (SSSR count). The number of carbonyl (C=O) groups is 1. The Morgan fingerprint density at radius 1 is 1.12 bits per heavy atom. The molecule has 26 heavy (non-hydrogen) atoms. The van der Waals surface area contributed by atoms with Crippen LogP contribution in [0.5, 0.6) is 0 Å². The number of hydrogen-bond acceptors (Lipinski definition) is 4. The van der Waals surface area contributed by atoms with Crippen molar-refractivity contribution < 1.29 is 9.90 Å². The highest BCUT2D eigenvalue weighted by atomic mass is 16.3. The molecule has 2 heterocycles. The summed E-state index contributed by atoms with van der Waals surface area (Å²) >= 11 is 0. The average molecular weight is 346 g/mol. The normalized spacial score (nSPS) is 12.4. The third-order valence-electron chi connectivity index (χ3n) is 4.45. The third-order valence-corrected chi connectivity index (χ3v) is 4.45. The van der Waals surface area contributed by atoms with Crippen LogP contribution in [-0.4, -0.2) is 32.2 Å². The van der Waals surface area contributed by atoms with Crippen LogP contribution in [0.3, 0.4) is 0 Å². The second-order valence-electron chi connectivity index (χ2n) is 6.23. The number of fused-ring (bicyclic) bond motifs is 2. The molecule has 6 nitrogen and oxygen atoms in total. The summed E-state index contributed by atoms with van der Waals surface area (Å²) in [6, 6.07) is 17.2. The van der Waals surface area contributed by atoms with Crippen molar-refractivity contribution in [2.24, 2.45) is 0 Å². The SMILES string of the molecule is Cc1nnc2ccc(C(=O)NCC(O)c3ccc4ccccc4c3)cn12. The van der Waals surface area contributed by atoms with E-state index in [1.165, 1.54) is 0 Å². The van der Waals surface area contributed by atoms with Crippen molar-refractivity contribution in [3.05, 3.63) is 77.7 Å². The van der Waals surface area contributed by atoms with Crippen molar-refractivity contribution in [2.45, 2.75) is 13.0 Å². The van der Waals surface area contributed by atoms with Crippen LogP contribution >= 0.6 is 0 Å². The fourth-order valence-corrected chi connectivity index (χ4v) is 2.96. The van der Waals surface area contributed by atoms with Crippen molar-refractivity contribution in [1.29, 1.82) is 0 Å². The molecular formula is C20H18N4O2. The molecule has 0 saturated carbocycles. The molecule has 1 atom stereocenters. The number of nitrogens with zero attached hydrogens (tertiary/aromatic N) is 3. The van der Waals surface area contributed by atoms with Crippen molar-refractivity contribution >= 4 is 22.3 Å². The van der Waals surface area contributed by atoms with Crippen LogP contribution in [0.4, 0.5) is 0 Å². The Balaban J connectivity index is 1.47. The maximum Gasteiger partial charge on any atom is 0.252 e. The Labute approximate surface area is 150 Å². The molecular weight excluding hydrogens is 328 g/mol. The summed E-state index contributed by atoms with van der Waals surface area (Å²) < 4.78 is 1.76. The first-order chi connectivity index (χ1) is 12.6. The maximum atomic E-state index is 12.4. The summed E-state index contributed by atoms with van der Waals surface area (Å²) in [5, 5.41) is 23.3. The van der Waals surface area contributed by atoms with E-state index in [9.17, 15) is 9.90 Å². The molecule has 1 unspecified atom stereocenters. The van der Waals surface area contributed by atoms with E-state index in [-0.39, 0.29) is 12.5 Å². The molecule has 0 radical (unpaired) electrons. The number of amides is 1. The Hall–Kier alpha value is -3.25. The standard InChI is InChI=1S/C20H18N4O2/c1-13-22-23-19-9-8-17(12-24(13)19)20(26)21-11-18(25)16-7-6-14-4-2-3-5-15(14)10-16/h2-10,12,18,25H,11H2,1H3,(H,21,26). The van der Waals surface area contributed by atoms with Crippen LogP contribution in [0, 0.1) is 6.92 Å². The fourth-order valence-electron chi connectivity index (χ4n) is 2.96. The fraction of sp³-hybridized carbons (Fsp3) is 0.150. The van der Waals surface area contributed by atoms with E-state index >= 15 is 0 Å². The largest absolute Gasteiger partial charge is 0.387 e. The number of pyridine rings is 1. The van der Waals surface area contributed by atoms with E-state index in [1.807, 2.05) is 49.4 Å². The number of aliphatic hydroxyl groups is 1. The lowest BCUT2D eigenvalue weighted by Gasteiger charge is -2.13. The van der Waals surface area contributed by atoms with Gasteiger partial charge in [0.1, 0.15) is 5.82 Å². The molecule has 4 aromatic rings. The molecule has 1 amide bonds. The minimum absolute atomic E-state index is 0.135. The summed E-state index contributed by atoms with van der Waals surface area (Å²) in [5.41, 5.74) is 1.95. The molecule has 2 aromatic heterocycles. The van der Waals surface area contributed by atoms with Crippen molar-refractivity contribution in [3.63, 3.8) is 0 Å². The smallest absolute Gasteiger partial charge is 0.252 e. The van der Waals surface area contributed by atoms with Gasteiger partial charge in [0, 0.05) is 12.7 Å². The van der Waals surface area contributed by atoms with Crippen LogP contribution < -0.4 is 5.32 Å². The van der Waals surface area contributed by atoms with Gasteiger partial charge < -0.3 is 10.4 Å². The lowest BCUT2D eigenvalue weighted by molar-refractivity contribution is 0.0916. The molecule has 130 valence electrons. The predicted octanol–water partition coefficient (Wildman–Crippen LogP) is 2.65. The quantitative estimate of drug-likeness (QED) is 0.595. The van der Waals surface area contributed by atoms with Crippen LogP contribution in [0.25, 0.3) is 16.4 Å². The van der Waals surface area contributed by atoms with E-state index in [4.69, 9.17) is 0 Å². The van der Waals surface area contributed by atoms with Gasteiger partial charge in [-0.1, -0.05) is 36.4 Å². The summed E-state index contributed by atoms with van der Waals surface area (Å²) in [6.45, 7) is 1.96. The third kappa shape index (κ3) is 3.02. The molecule has 0 aliphatic heterocycles. The highest BCUT2D eigenvalue weighted by Crippen LogP contribution is 2.20. The number of aromatic nitrogens is 3. The zero-order chi connectivity index (χ0) is 18.1. The van der Waals surface area contributed by atoms with Gasteiger partial charge in [0.25, 0.3) is 5.91 Å². The van der Waals surface area contributed by atoms with E-state index < -0.39 is 6.10 Å². The van der Waals surface area contributed by atoms with E-state index in [2.05, 4.69) is 15.5 Å². The number of aliphatic hydroxyl groups excluding tert-OH is 1. The minimum atomic E-state index is -0.774. The van der Waals surface area contributed by atoms with Crippen LogP contribution in [-0.2, 0) is 0 Å². The molecule has 0 aliphatic carbocycles. The van der Waals surface area contributed by atoms with Crippen molar-refractivity contribution in [3.8, 4) is 0 Å². The average Bonchev–Trinajstić information content (AvgIpc) is 3.05. The Kier molecular flexibility index (Phi) is 4.10. The van der Waals surface area contributed by atoms with Crippen LogP contribution in [0.15, 0.2) is 60.8 Å². The lowest BCUT2D eigenvalue weighted by atomic mass is 10.0. The van der Waals surface area contributed by atoms with Crippen molar-refractivity contribution in [2.75, 3.05) is 6.54 Å². The first-order valence-electron chi connectivity index (χ1n) is 8.38. The lowest BCUT2D eigenvalue weighted by Crippen LogP contribution is -2.28. The molecule has 2 aromatic carbocycles. The van der Waals surface area contributed by atoms with Gasteiger partial charge in [0.05, 0.1) is 11.7 Å². The summed E-state index contributed by atoms with van der Waals surface area (Å²) in [6.07, 6.45) is 0.923. The number of nitrogens with one attached hydrogen (secondary N) is 1. The zero-order valence-electron chi connectivity index (χ0n) is 14.3. The van der Waals surface area contributed by atoms with Gasteiger partial charge in [-0.25, -0.2) is 0 Å². The molecule has 0 saturated heterocycles. The van der Waals surface area contributed by atoms with Gasteiger partial charge in [-0.05, 0) is 41.5 Å². The van der Waals surface area contributed by atoms with Crippen LogP contribution in [0.1, 0.15) is 27.8 Å². The first-order valence-corrected chi connectivity index (χ1v) is 8.38. The summed E-state index contributed by atoms with van der Waals surface area (Å²) in [5.74, 6) is 0.464. The summed E-state index contributed by atoms with van der Waals surface area (Å²) in [7, 11) is 0. The Morgan fingerprint density at radius 2 is 1.92 bits per heavy atom. The number of aryl methyl sites for hydroxylation is 1. The molecule has 0 spiro atoms. The molecule has 6 heteroatoms. The number of benzene rings is 2. The van der Waals surface area contributed by atoms with Gasteiger partial charge in [0.15, 0.2) is 5.65 Å². The maximum absolute atomic E-state index is 12.4. The Bertz CT molecular complexity index is 1100. The van der Waals surface area contributed by atoms with Gasteiger partial charge in [-0.15, -0.1) is 10.2 Å². The number of rotatable bonds is 4. The zero-order valence-corrected chi connectivity index (χ0v) is 14.3. The van der Waals surface area contributed by atoms with Gasteiger partial charge in [0.2, 0.25) is 0 Å². The highest BCUT2D eigenvalue weighted by molar-refractivity contribution is 5.94. The molecule has 0 aliphatic rings. The molecule has 0 bridgehead atoms. The molecule has 0 fully saturated rings. The van der Waals surface area contributed by atoms with Gasteiger partial charge >= 0.3 is 0 Å². The van der Waals surface area contributed by atoms with E-state index in [0.29, 0.717) is 17.0 Å². The minimum Gasteiger partial charge on any atom is -0.387 e. The van der Waals surface area contributed by atoms with Crippen LogP contribution in [0.2, 0.25) is 0 Å². The molecule has 2 N–H and O–H groups in total. The van der Waals surface area contributed by atoms with Crippen molar-refractivity contribution in [1.82, 2.24) is 19.9 Å². The van der Waals surface area contributed by atoms with Gasteiger partial charge in [-0.2, -0.15) is 0 Å². The topological polar surface area (TPSA) is 79.5 Å². The second kappa shape index (κ2) is 6.57. The monoisotopic (exact) mass is 346 g/mol. The summed E-state index contributed by atoms with van der Waals surface area (Å²) in [4.78, 5) is 12.4.